The standard InChI is InChI=1S/C16H24ClN3OS/c1-15(2,3)22(21)20-14-13-11(8-12(17)10-19-13)9-16(14)4-6-18-7-5-16/h8,10,14,18,20H,4-7,9H2,1-3H3. The Kier molecular flexibility index (Phi) is 4.47. The summed E-state index contributed by atoms with van der Waals surface area (Å²) >= 11 is 5.01. The van der Waals surface area contributed by atoms with Crippen molar-refractivity contribution in [1.82, 2.24) is 15.0 Å². The number of rotatable bonds is 2. The molecule has 0 bridgehead atoms. The molecule has 2 atom stereocenters. The maximum absolute atomic E-state index is 12.7. The molecule has 22 heavy (non-hydrogen) atoms. The highest BCUT2D eigenvalue weighted by Gasteiger charge is 2.50. The molecular weight excluding hydrogens is 318 g/mol. The lowest BCUT2D eigenvalue weighted by Crippen LogP contribution is -2.49. The van der Waals surface area contributed by atoms with Gasteiger partial charge in [0.1, 0.15) is 10.8 Å². The number of halogens is 1. The number of aromatic nitrogens is 1. The van der Waals surface area contributed by atoms with Crippen LogP contribution in [-0.4, -0.2) is 27.4 Å². The van der Waals surface area contributed by atoms with E-state index < -0.39 is 11.4 Å². The van der Waals surface area contributed by atoms with Crippen LogP contribution in [0, 0.1) is 5.41 Å². The van der Waals surface area contributed by atoms with Crippen LogP contribution in [0.25, 0.3) is 0 Å². The molecule has 1 aliphatic carbocycles. The number of hydrogen-bond acceptors (Lipinski definition) is 4. The van der Waals surface area contributed by atoms with E-state index in [-0.39, 0.29) is 16.2 Å². The molecule has 3 rings (SSSR count). The summed E-state index contributed by atoms with van der Waals surface area (Å²) in [6, 6.07) is 2.07. The van der Waals surface area contributed by atoms with Crippen LogP contribution in [0.1, 0.15) is 50.9 Å². The first-order valence-corrected chi connectivity index (χ1v) is 9.38. The Morgan fingerprint density at radius 2 is 2.09 bits per heavy atom. The lowest BCUT2D eigenvalue weighted by molar-refractivity contribution is 0.162. The minimum atomic E-state index is -1.11. The van der Waals surface area contributed by atoms with E-state index in [9.17, 15) is 4.55 Å². The third kappa shape index (κ3) is 3.02. The van der Waals surface area contributed by atoms with Crippen molar-refractivity contribution in [1.29, 1.82) is 0 Å². The van der Waals surface area contributed by atoms with E-state index in [1.165, 1.54) is 5.56 Å². The van der Waals surface area contributed by atoms with Gasteiger partial charge < -0.3 is 9.87 Å². The Hall–Kier alpha value is -0.330. The van der Waals surface area contributed by atoms with Gasteiger partial charge in [-0.2, -0.15) is 0 Å². The first-order chi connectivity index (χ1) is 10.3. The topological polar surface area (TPSA) is 60.0 Å². The van der Waals surface area contributed by atoms with Crippen LogP contribution >= 0.6 is 11.6 Å². The maximum Gasteiger partial charge on any atom is 0.136 e. The Bertz CT molecular complexity index is 555. The molecule has 1 aliphatic heterocycles. The second-order valence-corrected chi connectivity index (χ2v) is 9.85. The number of nitrogens with zero attached hydrogens (tertiary/aromatic N) is 1. The summed E-state index contributed by atoms with van der Waals surface area (Å²) in [5.74, 6) is 0. The van der Waals surface area contributed by atoms with Crippen molar-refractivity contribution in [3.05, 3.63) is 28.5 Å². The van der Waals surface area contributed by atoms with Crippen LogP contribution in [-0.2, 0) is 17.8 Å². The van der Waals surface area contributed by atoms with Crippen molar-refractivity contribution in [2.24, 2.45) is 5.41 Å². The zero-order valence-corrected chi connectivity index (χ0v) is 15.0. The van der Waals surface area contributed by atoms with Gasteiger partial charge in [0, 0.05) is 23.0 Å². The molecule has 122 valence electrons. The normalized spacial score (nSPS) is 25.2. The summed E-state index contributed by atoms with van der Waals surface area (Å²) in [5.41, 5.74) is 2.34. The SMILES string of the molecule is CC(C)(C)[S+]([O-])NC1c2ncc(Cl)cc2CC12CCNCC2. The van der Waals surface area contributed by atoms with Crippen molar-refractivity contribution >= 4 is 23.0 Å². The van der Waals surface area contributed by atoms with Gasteiger partial charge in [-0.25, -0.2) is 0 Å². The highest BCUT2D eigenvalue weighted by atomic mass is 35.5. The fraction of sp³-hybridized carbons (Fsp3) is 0.688. The highest BCUT2D eigenvalue weighted by Crippen LogP contribution is 2.51. The van der Waals surface area contributed by atoms with Crippen LogP contribution in [0.4, 0.5) is 0 Å². The van der Waals surface area contributed by atoms with Gasteiger partial charge in [0.15, 0.2) is 0 Å². The minimum absolute atomic E-state index is 0.0434. The van der Waals surface area contributed by atoms with Crippen LogP contribution in [0.2, 0.25) is 5.02 Å². The number of nitrogens with one attached hydrogen (secondary N) is 2. The number of pyridine rings is 1. The van der Waals surface area contributed by atoms with E-state index in [1.54, 1.807) is 6.20 Å². The van der Waals surface area contributed by atoms with Crippen molar-refractivity contribution in [3.63, 3.8) is 0 Å². The first kappa shape index (κ1) is 16.5. The van der Waals surface area contributed by atoms with Gasteiger partial charge in [-0.1, -0.05) is 11.6 Å². The van der Waals surface area contributed by atoms with Gasteiger partial charge in [0.2, 0.25) is 0 Å². The van der Waals surface area contributed by atoms with E-state index in [4.69, 9.17) is 11.6 Å². The van der Waals surface area contributed by atoms with E-state index in [2.05, 4.69) is 15.0 Å². The van der Waals surface area contributed by atoms with Crippen molar-refractivity contribution < 1.29 is 4.55 Å². The molecule has 0 aromatic carbocycles. The number of piperidine rings is 1. The molecule has 1 spiro atoms. The molecule has 1 saturated heterocycles. The quantitative estimate of drug-likeness (QED) is 0.812. The molecular formula is C16H24ClN3OS. The summed E-state index contributed by atoms with van der Waals surface area (Å²) in [7, 11) is 0. The molecule has 1 aromatic rings. The van der Waals surface area contributed by atoms with Gasteiger partial charge in [-0.15, -0.1) is 4.72 Å². The molecule has 2 heterocycles. The zero-order valence-electron chi connectivity index (χ0n) is 13.4. The Morgan fingerprint density at radius 1 is 1.41 bits per heavy atom. The second-order valence-electron chi connectivity index (χ2n) is 7.42. The van der Waals surface area contributed by atoms with Crippen LogP contribution in [0.3, 0.4) is 0 Å². The van der Waals surface area contributed by atoms with E-state index in [0.29, 0.717) is 5.02 Å². The average molecular weight is 342 g/mol. The molecule has 6 heteroatoms. The summed E-state index contributed by atoms with van der Waals surface area (Å²) in [6.07, 6.45) is 4.81. The fourth-order valence-corrected chi connectivity index (χ4v) is 4.63. The summed E-state index contributed by atoms with van der Waals surface area (Å²) in [4.78, 5) is 4.58. The van der Waals surface area contributed by atoms with Gasteiger partial charge in [-0.3, -0.25) is 4.98 Å². The predicted molar refractivity (Wildman–Crippen MR) is 91.3 cm³/mol. The average Bonchev–Trinajstić information content (AvgIpc) is 2.71. The smallest absolute Gasteiger partial charge is 0.136 e. The zero-order chi connectivity index (χ0) is 16.0. The lowest BCUT2D eigenvalue weighted by atomic mass is 9.74. The molecule has 4 nitrogen and oxygen atoms in total. The van der Waals surface area contributed by atoms with Crippen molar-refractivity contribution in [3.8, 4) is 0 Å². The molecule has 2 aliphatic rings. The van der Waals surface area contributed by atoms with Gasteiger partial charge in [0.25, 0.3) is 0 Å². The molecule has 0 amide bonds. The van der Waals surface area contributed by atoms with Gasteiger partial charge in [-0.05, 0) is 64.8 Å². The van der Waals surface area contributed by atoms with E-state index in [0.717, 1.165) is 38.0 Å². The predicted octanol–water partition coefficient (Wildman–Crippen LogP) is 2.75. The van der Waals surface area contributed by atoms with Crippen molar-refractivity contribution in [2.45, 2.75) is 50.8 Å². The molecule has 0 radical (unpaired) electrons. The lowest BCUT2D eigenvalue weighted by Gasteiger charge is -2.40. The first-order valence-electron chi connectivity index (χ1n) is 7.85. The van der Waals surface area contributed by atoms with Gasteiger partial charge >= 0.3 is 0 Å². The molecule has 2 unspecified atom stereocenters. The monoisotopic (exact) mass is 341 g/mol. The highest BCUT2D eigenvalue weighted by molar-refractivity contribution is 7.90. The van der Waals surface area contributed by atoms with Gasteiger partial charge in [0.05, 0.1) is 10.7 Å². The minimum Gasteiger partial charge on any atom is -0.598 e. The van der Waals surface area contributed by atoms with E-state index in [1.807, 2.05) is 26.8 Å². The summed E-state index contributed by atoms with van der Waals surface area (Å²) in [6.45, 7) is 7.99. The molecule has 1 aromatic heterocycles. The number of fused-ring (bicyclic) bond motifs is 1. The fourth-order valence-electron chi connectivity index (χ4n) is 3.52. The molecule has 2 N–H and O–H groups in total. The Morgan fingerprint density at radius 3 is 2.73 bits per heavy atom. The molecule has 0 saturated carbocycles. The number of hydrogen-bond donors (Lipinski definition) is 2. The third-order valence-corrected chi connectivity index (χ3v) is 6.55. The van der Waals surface area contributed by atoms with Crippen molar-refractivity contribution in [2.75, 3.05) is 13.1 Å². The Labute approximate surface area is 140 Å². The maximum atomic E-state index is 12.7. The van der Waals surface area contributed by atoms with Crippen LogP contribution < -0.4 is 10.0 Å². The second kappa shape index (κ2) is 5.95. The third-order valence-electron chi connectivity index (χ3n) is 4.78. The summed E-state index contributed by atoms with van der Waals surface area (Å²) in [5, 5.41) is 4.11. The Balaban J connectivity index is 1.94. The largest absolute Gasteiger partial charge is 0.598 e. The molecule has 1 fully saturated rings. The van der Waals surface area contributed by atoms with Crippen LogP contribution in [0.5, 0.6) is 0 Å². The van der Waals surface area contributed by atoms with E-state index >= 15 is 0 Å². The summed E-state index contributed by atoms with van der Waals surface area (Å²) < 4.78 is 15.8. The van der Waals surface area contributed by atoms with Crippen LogP contribution in [0.15, 0.2) is 12.3 Å².